The van der Waals surface area contributed by atoms with E-state index in [0.717, 1.165) is 25.9 Å². The Labute approximate surface area is 108 Å². The van der Waals surface area contributed by atoms with E-state index in [9.17, 15) is 9.18 Å². The number of piperidine rings is 1. The molecule has 2 nitrogen and oxygen atoms in total. The van der Waals surface area contributed by atoms with Gasteiger partial charge in [0.05, 0.1) is 0 Å². The van der Waals surface area contributed by atoms with Gasteiger partial charge in [0.15, 0.2) is 5.78 Å². The lowest BCUT2D eigenvalue weighted by Crippen LogP contribution is -2.30. The van der Waals surface area contributed by atoms with E-state index < -0.39 is 0 Å². The molecule has 0 unspecified atom stereocenters. The molecule has 1 heterocycles. The van der Waals surface area contributed by atoms with Crippen LogP contribution in [-0.2, 0) is 0 Å². The summed E-state index contributed by atoms with van der Waals surface area (Å²) in [6.45, 7) is 1.91. The van der Waals surface area contributed by atoms with Crippen molar-refractivity contribution in [2.75, 3.05) is 13.1 Å². The number of halogens is 2. The maximum Gasteiger partial charge on any atom is 0.166 e. The zero-order valence-electron chi connectivity index (χ0n) is 8.83. The molecule has 0 aromatic heterocycles. The second-order valence-corrected chi connectivity index (χ2v) is 5.42. The van der Waals surface area contributed by atoms with Crippen LogP contribution in [0.2, 0.25) is 0 Å². The van der Waals surface area contributed by atoms with E-state index >= 15 is 0 Å². The minimum atomic E-state index is -0.293. The maximum atomic E-state index is 12.7. The fourth-order valence-corrected chi connectivity index (χ4v) is 2.52. The summed E-state index contributed by atoms with van der Waals surface area (Å²) < 4.78 is 14.9. The molecule has 1 aromatic carbocycles. The molecule has 1 fully saturated rings. The van der Waals surface area contributed by atoms with Gasteiger partial charge in [-0.3, -0.25) is 4.79 Å². The van der Waals surface area contributed by atoms with Gasteiger partial charge in [-0.15, -0.1) is 0 Å². The van der Waals surface area contributed by atoms with Crippen LogP contribution in [0.5, 0.6) is 0 Å². The number of rotatable bonds is 2. The molecule has 0 saturated carbocycles. The standard InChI is InChI=1S/C12H13FINO/c13-11-3-1-9(2-4-11)12(16)10-5-7-15(14)8-6-10/h1-4,10H,5-8H2. The van der Waals surface area contributed by atoms with Crippen LogP contribution < -0.4 is 0 Å². The number of hydrogen-bond donors (Lipinski definition) is 0. The first-order chi connectivity index (χ1) is 7.66. The highest BCUT2D eigenvalue weighted by Gasteiger charge is 2.24. The second-order valence-electron chi connectivity index (χ2n) is 4.06. The molecule has 1 aromatic rings. The largest absolute Gasteiger partial charge is 0.294 e. The number of carbonyl (C=O) groups is 1. The Balaban J connectivity index is 2.05. The number of hydrogen-bond acceptors (Lipinski definition) is 2. The van der Waals surface area contributed by atoms with E-state index in [-0.39, 0.29) is 17.5 Å². The van der Waals surface area contributed by atoms with Crippen molar-refractivity contribution in [1.29, 1.82) is 0 Å². The molecule has 86 valence electrons. The van der Waals surface area contributed by atoms with E-state index in [4.69, 9.17) is 0 Å². The molecule has 1 aliphatic heterocycles. The molecular formula is C12H13FINO. The third-order valence-electron chi connectivity index (χ3n) is 2.94. The topological polar surface area (TPSA) is 20.3 Å². The fraction of sp³-hybridized carbons (Fsp3) is 0.417. The van der Waals surface area contributed by atoms with Crippen molar-refractivity contribution in [1.82, 2.24) is 3.11 Å². The van der Waals surface area contributed by atoms with Gasteiger partial charge in [0, 0.05) is 47.4 Å². The SMILES string of the molecule is O=C(c1ccc(F)cc1)C1CCN(I)CC1. The molecule has 0 amide bonds. The average molecular weight is 333 g/mol. The monoisotopic (exact) mass is 333 g/mol. The Bertz CT molecular complexity index is 371. The Morgan fingerprint density at radius 2 is 1.81 bits per heavy atom. The highest BCUT2D eigenvalue weighted by molar-refractivity contribution is 14.1. The normalized spacial score (nSPS) is 18.6. The molecular weight excluding hydrogens is 320 g/mol. The Morgan fingerprint density at radius 3 is 2.38 bits per heavy atom. The molecule has 1 aliphatic rings. The smallest absolute Gasteiger partial charge is 0.166 e. The second kappa shape index (κ2) is 5.23. The lowest BCUT2D eigenvalue weighted by atomic mass is 9.90. The highest BCUT2D eigenvalue weighted by atomic mass is 127. The molecule has 4 heteroatoms. The first-order valence-corrected chi connectivity index (χ1v) is 6.34. The van der Waals surface area contributed by atoms with Crippen LogP contribution in [0.3, 0.4) is 0 Å². The van der Waals surface area contributed by atoms with Crippen molar-refractivity contribution in [3.05, 3.63) is 35.6 Å². The van der Waals surface area contributed by atoms with E-state index in [1.54, 1.807) is 12.1 Å². The Morgan fingerprint density at radius 1 is 1.25 bits per heavy atom. The third-order valence-corrected chi connectivity index (χ3v) is 3.90. The zero-order chi connectivity index (χ0) is 11.5. The minimum Gasteiger partial charge on any atom is -0.294 e. The van der Waals surface area contributed by atoms with Crippen LogP contribution in [0.25, 0.3) is 0 Å². The molecule has 16 heavy (non-hydrogen) atoms. The van der Waals surface area contributed by atoms with Crippen LogP contribution in [0, 0.1) is 11.7 Å². The van der Waals surface area contributed by atoms with Crippen LogP contribution >= 0.6 is 22.9 Å². The van der Waals surface area contributed by atoms with Gasteiger partial charge in [0.2, 0.25) is 0 Å². The summed E-state index contributed by atoms with van der Waals surface area (Å²) >= 11 is 2.28. The minimum absolute atomic E-state index is 0.108. The molecule has 1 saturated heterocycles. The average Bonchev–Trinajstić information content (AvgIpc) is 2.30. The van der Waals surface area contributed by atoms with Gasteiger partial charge in [-0.05, 0) is 37.1 Å². The molecule has 0 spiro atoms. The predicted octanol–water partition coefficient (Wildman–Crippen LogP) is 3.07. The van der Waals surface area contributed by atoms with Crippen LogP contribution in [0.15, 0.2) is 24.3 Å². The summed E-state index contributed by atoms with van der Waals surface area (Å²) in [4.78, 5) is 12.1. The first-order valence-electron chi connectivity index (χ1n) is 5.37. The van der Waals surface area contributed by atoms with Crippen molar-refractivity contribution in [3.63, 3.8) is 0 Å². The molecule has 0 N–H and O–H groups in total. The third kappa shape index (κ3) is 2.79. The van der Waals surface area contributed by atoms with Gasteiger partial charge in [-0.2, -0.15) is 0 Å². The van der Waals surface area contributed by atoms with Crippen molar-refractivity contribution >= 4 is 28.6 Å². The summed E-state index contributed by atoms with van der Waals surface area (Å²) in [5.74, 6) is -0.0281. The Kier molecular flexibility index (Phi) is 3.91. The summed E-state index contributed by atoms with van der Waals surface area (Å²) in [5, 5.41) is 0. The quantitative estimate of drug-likeness (QED) is 0.471. The van der Waals surface area contributed by atoms with Crippen molar-refractivity contribution in [3.8, 4) is 0 Å². The lowest BCUT2D eigenvalue weighted by molar-refractivity contribution is 0.0882. The van der Waals surface area contributed by atoms with E-state index in [0.29, 0.717) is 5.56 Å². The number of Topliss-reactive ketones (excluding diaryl/α,β-unsaturated/α-hetero) is 1. The summed E-state index contributed by atoms with van der Waals surface area (Å²) in [6.07, 6.45) is 1.80. The highest BCUT2D eigenvalue weighted by Crippen LogP contribution is 2.23. The molecule has 0 aliphatic carbocycles. The summed E-state index contributed by atoms with van der Waals surface area (Å²) in [5.41, 5.74) is 0.633. The first kappa shape index (κ1) is 12.0. The van der Waals surface area contributed by atoms with Gasteiger partial charge in [0.25, 0.3) is 0 Å². The Hall–Kier alpha value is -0.490. The van der Waals surface area contributed by atoms with Gasteiger partial charge in [-0.25, -0.2) is 7.50 Å². The molecule has 0 atom stereocenters. The molecule has 2 rings (SSSR count). The summed E-state index contributed by atoms with van der Waals surface area (Å²) in [6, 6.07) is 5.85. The molecule has 0 bridgehead atoms. The van der Waals surface area contributed by atoms with Gasteiger partial charge < -0.3 is 0 Å². The zero-order valence-corrected chi connectivity index (χ0v) is 11.0. The van der Waals surface area contributed by atoms with Crippen LogP contribution in [0.4, 0.5) is 4.39 Å². The van der Waals surface area contributed by atoms with Crippen LogP contribution in [0.1, 0.15) is 23.2 Å². The van der Waals surface area contributed by atoms with Gasteiger partial charge in [0.1, 0.15) is 5.82 Å². The van der Waals surface area contributed by atoms with E-state index in [2.05, 4.69) is 26.0 Å². The number of carbonyl (C=O) groups excluding carboxylic acids is 1. The fourth-order valence-electron chi connectivity index (χ4n) is 1.96. The maximum absolute atomic E-state index is 12.7. The number of benzene rings is 1. The van der Waals surface area contributed by atoms with Gasteiger partial charge >= 0.3 is 0 Å². The van der Waals surface area contributed by atoms with Crippen molar-refractivity contribution in [2.24, 2.45) is 5.92 Å². The van der Waals surface area contributed by atoms with Crippen LogP contribution in [-0.4, -0.2) is 22.0 Å². The lowest BCUT2D eigenvalue weighted by Gasteiger charge is -2.26. The molecule has 0 radical (unpaired) electrons. The van der Waals surface area contributed by atoms with Gasteiger partial charge in [-0.1, -0.05) is 0 Å². The predicted molar refractivity (Wildman–Crippen MR) is 69.0 cm³/mol. The summed E-state index contributed by atoms with van der Waals surface area (Å²) in [7, 11) is 0. The van der Waals surface area contributed by atoms with Crippen molar-refractivity contribution in [2.45, 2.75) is 12.8 Å². The van der Waals surface area contributed by atoms with E-state index in [1.807, 2.05) is 0 Å². The van der Waals surface area contributed by atoms with E-state index in [1.165, 1.54) is 12.1 Å². The van der Waals surface area contributed by atoms with Crippen molar-refractivity contribution < 1.29 is 9.18 Å². The number of nitrogens with zero attached hydrogens (tertiary/aromatic N) is 1. The number of ketones is 1.